The van der Waals surface area contributed by atoms with Gasteiger partial charge in [-0.25, -0.2) is 5.01 Å². The summed E-state index contributed by atoms with van der Waals surface area (Å²) in [6.07, 6.45) is -4.55. The van der Waals surface area contributed by atoms with Crippen molar-refractivity contribution < 1.29 is 18.0 Å². The number of hydrogen-bond acceptors (Lipinski definition) is 2. The Balaban J connectivity index is 2.16. The minimum atomic E-state index is -4.55. The van der Waals surface area contributed by atoms with E-state index >= 15 is 0 Å². The van der Waals surface area contributed by atoms with Crippen LogP contribution >= 0.6 is 11.6 Å². The first-order valence-corrected chi connectivity index (χ1v) is 7.80. The fraction of sp³-hybridized carbons (Fsp3) is 0.353. The zero-order valence-electron chi connectivity index (χ0n) is 13.1. The highest BCUT2D eigenvalue weighted by molar-refractivity contribution is 6.35. The van der Waals surface area contributed by atoms with E-state index in [9.17, 15) is 18.0 Å². The van der Waals surface area contributed by atoms with Gasteiger partial charge < -0.3 is 0 Å². The highest BCUT2D eigenvalue weighted by atomic mass is 35.5. The molecule has 1 amide bonds. The van der Waals surface area contributed by atoms with Crippen molar-refractivity contribution in [3.63, 3.8) is 0 Å². The Labute approximate surface area is 142 Å². The predicted octanol–water partition coefficient (Wildman–Crippen LogP) is 4.47. The molecule has 24 heavy (non-hydrogen) atoms. The number of rotatable bonds is 2. The molecule has 3 rings (SSSR count). The normalized spacial score (nSPS) is 19.5. The Hall–Kier alpha value is -1.79. The van der Waals surface area contributed by atoms with Gasteiger partial charge >= 0.3 is 6.18 Å². The van der Waals surface area contributed by atoms with Crippen molar-refractivity contribution >= 4 is 28.3 Å². The molecule has 1 atom stereocenters. The molecule has 0 bridgehead atoms. The van der Waals surface area contributed by atoms with Crippen LogP contribution in [0.1, 0.15) is 25.5 Å². The van der Waals surface area contributed by atoms with E-state index in [1.807, 2.05) is 0 Å². The molecule has 1 aliphatic rings. The maximum atomic E-state index is 13.8. The summed E-state index contributed by atoms with van der Waals surface area (Å²) in [7, 11) is 0. The van der Waals surface area contributed by atoms with Crippen molar-refractivity contribution in [2.24, 2.45) is 5.41 Å². The minimum absolute atomic E-state index is 0.0348. The topological polar surface area (TPSA) is 32.3 Å². The Morgan fingerprint density at radius 2 is 1.79 bits per heavy atom. The first kappa shape index (κ1) is 17.0. The number of amides is 1. The van der Waals surface area contributed by atoms with Crippen LogP contribution in [0, 0.1) is 5.41 Å². The van der Waals surface area contributed by atoms with Gasteiger partial charge in [-0.05, 0) is 30.9 Å². The van der Waals surface area contributed by atoms with E-state index in [4.69, 9.17) is 11.6 Å². The summed E-state index contributed by atoms with van der Waals surface area (Å²) in [5.74, 6) is -0.421. The van der Waals surface area contributed by atoms with E-state index in [1.54, 1.807) is 44.2 Å². The number of hydrazine groups is 1. The molecule has 0 aromatic heterocycles. The van der Waals surface area contributed by atoms with Crippen molar-refractivity contribution in [2.75, 3.05) is 6.54 Å². The zero-order chi connectivity index (χ0) is 17.7. The average molecular weight is 357 g/mol. The van der Waals surface area contributed by atoms with Crippen LogP contribution in [0.25, 0.3) is 10.8 Å². The maximum absolute atomic E-state index is 13.8. The van der Waals surface area contributed by atoms with Crippen molar-refractivity contribution in [3.8, 4) is 0 Å². The van der Waals surface area contributed by atoms with Crippen LogP contribution in [0.4, 0.5) is 13.2 Å². The van der Waals surface area contributed by atoms with Crippen LogP contribution in [-0.2, 0) is 4.79 Å². The van der Waals surface area contributed by atoms with E-state index in [0.717, 1.165) is 5.01 Å². The van der Waals surface area contributed by atoms with Gasteiger partial charge in [0.25, 0.3) is 0 Å². The second-order valence-corrected chi connectivity index (χ2v) is 6.99. The van der Waals surface area contributed by atoms with Crippen molar-refractivity contribution in [2.45, 2.75) is 26.1 Å². The molecule has 1 heterocycles. The van der Waals surface area contributed by atoms with Gasteiger partial charge in [-0.1, -0.05) is 41.9 Å². The van der Waals surface area contributed by atoms with Crippen molar-refractivity contribution in [1.29, 1.82) is 0 Å². The van der Waals surface area contributed by atoms with E-state index in [2.05, 4.69) is 5.43 Å². The summed E-state index contributed by atoms with van der Waals surface area (Å²) in [6.45, 7) is 3.21. The molecule has 2 aromatic carbocycles. The molecule has 2 aromatic rings. The van der Waals surface area contributed by atoms with Crippen LogP contribution in [0.2, 0.25) is 5.02 Å². The lowest BCUT2D eigenvalue weighted by Crippen LogP contribution is -2.43. The molecule has 1 N–H and O–H groups in total. The van der Waals surface area contributed by atoms with E-state index in [0.29, 0.717) is 15.8 Å². The Bertz CT molecular complexity index is 804. The number of alkyl halides is 3. The molecule has 3 nitrogen and oxygen atoms in total. The van der Waals surface area contributed by atoms with Gasteiger partial charge in [0.2, 0.25) is 5.91 Å². The molecule has 0 aliphatic carbocycles. The van der Waals surface area contributed by atoms with Gasteiger partial charge in [-0.3, -0.25) is 10.2 Å². The first-order valence-electron chi connectivity index (χ1n) is 7.43. The number of nitrogens with one attached hydrogen (secondary N) is 1. The molecule has 1 saturated heterocycles. The number of nitrogens with zero attached hydrogens (tertiary/aromatic N) is 1. The lowest BCUT2D eigenvalue weighted by molar-refractivity contribution is -0.191. The fourth-order valence-corrected chi connectivity index (χ4v) is 3.27. The van der Waals surface area contributed by atoms with Gasteiger partial charge in [-0.15, -0.1) is 0 Å². The van der Waals surface area contributed by atoms with Crippen LogP contribution < -0.4 is 5.43 Å². The number of halogens is 4. The van der Waals surface area contributed by atoms with Gasteiger partial charge in [0.1, 0.15) is 0 Å². The van der Waals surface area contributed by atoms with Gasteiger partial charge in [0, 0.05) is 17.0 Å². The summed E-state index contributed by atoms with van der Waals surface area (Å²) in [5.41, 5.74) is 1.56. The average Bonchev–Trinajstić information content (AvgIpc) is 2.72. The van der Waals surface area contributed by atoms with Gasteiger partial charge in [-0.2, -0.15) is 13.2 Å². The summed E-state index contributed by atoms with van der Waals surface area (Å²) < 4.78 is 41.5. The number of carbonyl (C=O) groups is 1. The van der Waals surface area contributed by atoms with Crippen LogP contribution in [0.3, 0.4) is 0 Å². The summed E-state index contributed by atoms with van der Waals surface area (Å²) in [6, 6.07) is 7.58. The smallest absolute Gasteiger partial charge is 0.287 e. The third-order valence-electron chi connectivity index (χ3n) is 4.24. The number of carbonyl (C=O) groups excluding carboxylic acids is 1. The standard InChI is InChI=1S/C17H16ClF3N2O/c1-16(2)9-23(22-15(16)24)14(17(19,20)21)12-7-3-6-11-10(12)5-4-8-13(11)18/h3-8,14H,9H2,1-2H3,(H,22,24). The lowest BCUT2D eigenvalue weighted by Gasteiger charge is -2.30. The highest BCUT2D eigenvalue weighted by Gasteiger charge is 2.51. The lowest BCUT2D eigenvalue weighted by atomic mass is 9.93. The molecule has 1 unspecified atom stereocenters. The second-order valence-electron chi connectivity index (χ2n) is 6.58. The predicted molar refractivity (Wildman–Crippen MR) is 86.4 cm³/mol. The zero-order valence-corrected chi connectivity index (χ0v) is 13.9. The maximum Gasteiger partial charge on any atom is 0.409 e. The SMILES string of the molecule is CC1(C)CN(C(c2cccc3c(Cl)cccc23)C(F)(F)F)NC1=O. The third kappa shape index (κ3) is 2.84. The molecule has 0 spiro atoms. The summed E-state index contributed by atoms with van der Waals surface area (Å²) in [5, 5.41) is 2.33. The Morgan fingerprint density at radius 1 is 1.17 bits per heavy atom. The molecule has 7 heteroatoms. The van der Waals surface area contributed by atoms with Crippen LogP contribution in [0.15, 0.2) is 36.4 Å². The Morgan fingerprint density at radius 3 is 2.38 bits per heavy atom. The van der Waals surface area contributed by atoms with Crippen molar-refractivity contribution in [3.05, 3.63) is 47.0 Å². The van der Waals surface area contributed by atoms with E-state index in [-0.39, 0.29) is 12.1 Å². The monoisotopic (exact) mass is 356 g/mol. The fourth-order valence-electron chi connectivity index (χ4n) is 3.03. The van der Waals surface area contributed by atoms with Gasteiger partial charge in [0.05, 0.1) is 5.41 Å². The second kappa shape index (κ2) is 5.63. The minimum Gasteiger partial charge on any atom is -0.287 e. The van der Waals surface area contributed by atoms with E-state index in [1.165, 1.54) is 6.07 Å². The largest absolute Gasteiger partial charge is 0.409 e. The molecule has 128 valence electrons. The van der Waals surface area contributed by atoms with Crippen LogP contribution in [-0.4, -0.2) is 23.6 Å². The summed E-state index contributed by atoms with van der Waals surface area (Å²) in [4.78, 5) is 11.9. The van der Waals surface area contributed by atoms with Crippen LogP contribution in [0.5, 0.6) is 0 Å². The quantitative estimate of drug-likeness (QED) is 0.861. The number of fused-ring (bicyclic) bond motifs is 1. The third-order valence-corrected chi connectivity index (χ3v) is 4.57. The molecule has 0 saturated carbocycles. The summed E-state index contributed by atoms with van der Waals surface area (Å²) >= 11 is 6.11. The van der Waals surface area contributed by atoms with E-state index < -0.39 is 23.5 Å². The molecule has 0 radical (unpaired) electrons. The molecule has 1 fully saturated rings. The molecular formula is C17H16ClF3N2O. The Kier molecular flexibility index (Phi) is 4.00. The number of hydrogen-bond donors (Lipinski definition) is 1. The van der Waals surface area contributed by atoms with Gasteiger partial charge in [0.15, 0.2) is 6.04 Å². The molecule has 1 aliphatic heterocycles. The molecular weight excluding hydrogens is 341 g/mol. The highest BCUT2D eigenvalue weighted by Crippen LogP contribution is 2.43. The number of benzene rings is 2. The first-order chi connectivity index (χ1) is 11.1. The van der Waals surface area contributed by atoms with Crippen molar-refractivity contribution in [1.82, 2.24) is 10.4 Å².